The van der Waals surface area contributed by atoms with E-state index in [-0.39, 0.29) is 34.8 Å². The largest absolute Gasteiger partial charge is 0.497 e. The van der Waals surface area contributed by atoms with Crippen LogP contribution in [-0.2, 0) is 26.2 Å². The summed E-state index contributed by atoms with van der Waals surface area (Å²) in [5, 5.41) is 3.11. The Morgan fingerprint density at radius 3 is 2.20 bits per heavy atom. The molecule has 11 heteroatoms. The van der Waals surface area contributed by atoms with Gasteiger partial charge in [-0.05, 0) is 73.9 Å². The molecule has 4 rings (SSSR count). The molecular weight excluding hydrogens is 582 g/mol. The van der Waals surface area contributed by atoms with Crippen molar-refractivity contribution in [3.05, 3.63) is 78.4 Å². The van der Waals surface area contributed by atoms with Gasteiger partial charge in [-0.2, -0.15) is 0 Å². The van der Waals surface area contributed by atoms with Crippen LogP contribution in [0, 0.1) is 0 Å². The van der Waals surface area contributed by atoms with E-state index in [1.807, 2.05) is 6.07 Å². The first kappa shape index (κ1) is 32.7. The Balaban J connectivity index is 1.71. The number of hydrogen-bond acceptors (Lipinski definition) is 7. The van der Waals surface area contributed by atoms with E-state index in [2.05, 4.69) is 5.32 Å². The Morgan fingerprint density at radius 1 is 0.864 bits per heavy atom. The standard InChI is InChI=1S/C33H41N3O7S/c1-24(33(38)34-26-12-6-5-7-13-26)35(22-25-11-10-14-28(21-25)42-3)32(37)23-36(30-15-8-9-16-31(30)43-4)44(39,40)29-19-17-27(41-2)18-20-29/h8-11,14-21,24,26H,5-7,12-13,22-23H2,1-4H3,(H,34,38)/t24-/m0/s1. The lowest BCUT2D eigenvalue weighted by atomic mass is 9.95. The van der Waals surface area contributed by atoms with Crippen LogP contribution in [0.2, 0.25) is 0 Å². The lowest BCUT2D eigenvalue weighted by Crippen LogP contribution is -2.53. The number of anilines is 1. The number of benzene rings is 3. The molecular formula is C33H41N3O7S. The molecule has 0 spiro atoms. The highest BCUT2D eigenvalue weighted by Crippen LogP contribution is 2.33. The molecule has 3 aromatic carbocycles. The van der Waals surface area contributed by atoms with E-state index in [0.717, 1.165) is 42.0 Å². The van der Waals surface area contributed by atoms with E-state index in [4.69, 9.17) is 14.2 Å². The Kier molecular flexibility index (Phi) is 11.1. The third-order valence-corrected chi connectivity index (χ3v) is 9.66. The minimum absolute atomic E-state index is 0.0283. The van der Waals surface area contributed by atoms with Gasteiger partial charge in [-0.25, -0.2) is 8.42 Å². The van der Waals surface area contributed by atoms with E-state index in [1.54, 1.807) is 68.6 Å². The highest BCUT2D eigenvalue weighted by atomic mass is 32.2. The van der Waals surface area contributed by atoms with Gasteiger partial charge in [0.05, 0.1) is 31.9 Å². The van der Waals surface area contributed by atoms with Gasteiger partial charge in [0.2, 0.25) is 11.8 Å². The minimum atomic E-state index is -4.26. The minimum Gasteiger partial charge on any atom is -0.497 e. The molecule has 1 aliphatic carbocycles. The van der Waals surface area contributed by atoms with Crippen molar-refractivity contribution in [2.24, 2.45) is 0 Å². The molecule has 0 aliphatic heterocycles. The van der Waals surface area contributed by atoms with Crippen molar-refractivity contribution in [3.63, 3.8) is 0 Å². The average Bonchev–Trinajstić information content (AvgIpc) is 3.06. The molecule has 1 saturated carbocycles. The molecule has 10 nitrogen and oxygen atoms in total. The van der Waals surface area contributed by atoms with Gasteiger partial charge in [-0.15, -0.1) is 0 Å². The fourth-order valence-corrected chi connectivity index (χ4v) is 6.77. The second kappa shape index (κ2) is 15.0. The molecule has 0 radical (unpaired) electrons. The topological polar surface area (TPSA) is 114 Å². The van der Waals surface area contributed by atoms with Crippen LogP contribution in [0.5, 0.6) is 17.2 Å². The van der Waals surface area contributed by atoms with E-state index in [9.17, 15) is 18.0 Å². The number of rotatable bonds is 13. The van der Waals surface area contributed by atoms with E-state index in [0.29, 0.717) is 11.5 Å². The van der Waals surface area contributed by atoms with Gasteiger partial charge in [0.15, 0.2) is 0 Å². The number of nitrogens with one attached hydrogen (secondary N) is 1. The van der Waals surface area contributed by atoms with Crippen LogP contribution in [-0.4, -0.2) is 65.1 Å². The highest BCUT2D eigenvalue weighted by molar-refractivity contribution is 7.92. The van der Waals surface area contributed by atoms with Crippen LogP contribution in [0.15, 0.2) is 77.7 Å². The van der Waals surface area contributed by atoms with Gasteiger partial charge in [-0.3, -0.25) is 13.9 Å². The number of amides is 2. The van der Waals surface area contributed by atoms with Crippen LogP contribution >= 0.6 is 0 Å². The third kappa shape index (κ3) is 7.82. The van der Waals surface area contributed by atoms with Gasteiger partial charge in [0.25, 0.3) is 10.0 Å². The van der Waals surface area contributed by atoms with Crippen molar-refractivity contribution in [3.8, 4) is 17.2 Å². The Hall–Kier alpha value is -4.25. The molecule has 1 atom stereocenters. The molecule has 0 aromatic heterocycles. The van der Waals surface area contributed by atoms with Crippen molar-refractivity contribution in [2.75, 3.05) is 32.2 Å². The fraction of sp³-hybridized carbons (Fsp3) is 0.394. The van der Waals surface area contributed by atoms with Crippen LogP contribution in [0.25, 0.3) is 0 Å². The van der Waals surface area contributed by atoms with Crippen molar-refractivity contribution < 1.29 is 32.2 Å². The third-order valence-electron chi connectivity index (χ3n) is 7.89. The molecule has 236 valence electrons. The van der Waals surface area contributed by atoms with Gasteiger partial charge in [0, 0.05) is 12.6 Å². The van der Waals surface area contributed by atoms with E-state index in [1.165, 1.54) is 31.3 Å². The summed E-state index contributed by atoms with van der Waals surface area (Å²) < 4.78 is 45.4. The molecule has 1 fully saturated rings. The number of hydrogen-bond donors (Lipinski definition) is 1. The molecule has 0 saturated heterocycles. The molecule has 3 aromatic rings. The quantitative estimate of drug-likeness (QED) is 0.292. The average molecular weight is 624 g/mol. The predicted octanol–water partition coefficient (Wildman–Crippen LogP) is 4.77. The maximum absolute atomic E-state index is 14.2. The van der Waals surface area contributed by atoms with Crippen molar-refractivity contribution in [2.45, 2.75) is 62.6 Å². The molecule has 1 N–H and O–H groups in total. The summed E-state index contributed by atoms with van der Waals surface area (Å²) >= 11 is 0. The maximum atomic E-state index is 14.2. The number of sulfonamides is 1. The van der Waals surface area contributed by atoms with Gasteiger partial charge in [0.1, 0.15) is 29.8 Å². The monoisotopic (exact) mass is 623 g/mol. The second-order valence-corrected chi connectivity index (χ2v) is 12.6. The number of carbonyl (C=O) groups is 2. The zero-order valence-corrected chi connectivity index (χ0v) is 26.5. The van der Waals surface area contributed by atoms with E-state index < -0.39 is 28.5 Å². The normalized spacial score (nSPS) is 14.3. The summed E-state index contributed by atoms with van der Waals surface area (Å²) in [6, 6.07) is 18.9. The summed E-state index contributed by atoms with van der Waals surface area (Å²) in [7, 11) is 0.218. The fourth-order valence-electron chi connectivity index (χ4n) is 5.34. The summed E-state index contributed by atoms with van der Waals surface area (Å²) in [6.45, 7) is 1.17. The number of methoxy groups -OCH3 is 3. The smallest absolute Gasteiger partial charge is 0.264 e. The lowest BCUT2D eigenvalue weighted by molar-refractivity contribution is -0.139. The lowest BCUT2D eigenvalue weighted by Gasteiger charge is -2.33. The summed E-state index contributed by atoms with van der Waals surface area (Å²) in [5.74, 6) is 0.537. The van der Waals surface area contributed by atoms with Crippen LogP contribution in [0.4, 0.5) is 5.69 Å². The second-order valence-electron chi connectivity index (χ2n) is 10.8. The van der Waals surface area contributed by atoms with Gasteiger partial charge in [-0.1, -0.05) is 43.5 Å². The molecule has 2 amide bonds. The van der Waals surface area contributed by atoms with Crippen LogP contribution in [0.3, 0.4) is 0 Å². The molecule has 44 heavy (non-hydrogen) atoms. The Morgan fingerprint density at radius 2 is 1.55 bits per heavy atom. The van der Waals surface area contributed by atoms with Gasteiger partial charge < -0.3 is 24.4 Å². The first-order valence-electron chi connectivity index (χ1n) is 14.7. The van der Waals surface area contributed by atoms with Gasteiger partial charge >= 0.3 is 0 Å². The Labute approximate surface area is 260 Å². The summed E-state index contributed by atoms with van der Waals surface area (Å²) in [6.07, 6.45) is 5.02. The molecule has 0 heterocycles. The number of para-hydroxylation sites is 2. The zero-order chi connectivity index (χ0) is 31.7. The molecule has 1 aliphatic rings. The maximum Gasteiger partial charge on any atom is 0.264 e. The SMILES string of the molecule is COc1ccc(S(=O)(=O)N(CC(=O)N(Cc2cccc(OC)c2)[C@@H](C)C(=O)NC2CCCCC2)c2ccccc2OC)cc1. The zero-order valence-electron chi connectivity index (χ0n) is 25.7. The van der Waals surface area contributed by atoms with Crippen molar-refractivity contribution >= 4 is 27.5 Å². The number of nitrogens with zero attached hydrogens (tertiary/aromatic N) is 2. The van der Waals surface area contributed by atoms with E-state index >= 15 is 0 Å². The Bertz CT molecular complexity index is 1520. The predicted molar refractivity (Wildman–Crippen MR) is 169 cm³/mol. The molecule has 0 bridgehead atoms. The van der Waals surface area contributed by atoms with Crippen LogP contribution in [0.1, 0.15) is 44.6 Å². The summed E-state index contributed by atoms with van der Waals surface area (Å²) in [4.78, 5) is 29.1. The highest BCUT2D eigenvalue weighted by Gasteiger charge is 2.34. The number of ether oxygens (including phenoxy) is 3. The first-order chi connectivity index (χ1) is 21.2. The molecule has 0 unspecified atom stereocenters. The first-order valence-corrected chi connectivity index (χ1v) is 16.1. The number of carbonyl (C=O) groups excluding carboxylic acids is 2. The summed E-state index contributed by atoms with van der Waals surface area (Å²) in [5.41, 5.74) is 0.927. The van der Waals surface area contributed by atoms with Crippen molar-refractivity contribution in [1.82, 2.24) is 10.2 Å². The van der Waals surface area contributed by atoms with Crippen LogP contribution < -0.4 is 23.8 Å². The van der Waals surface area contributed by atoms with Crippen molar-refractivity contribution in [1.29, 1.82) is 0 Å².